The predicted molar refractivity (Wildman–Crippen MR) is 66.6 cm³/mol. The molecule has 94 valence electrons. The topological polar surface area (TPSA) is 73.6 Å². The fourth-order valence-electron chi connectivity index (χ4n) is 1.36. The minimum atomic E-state index is -0.553. The van der Waals surface area contributed by atoms with E-state index < -0.39 is 6.04 Å². The van der Waals surface area contributed by atoms with Gasteiger partial charge in [-0.15, -0.1) is 0 Å². The summed E-state index contributed by atoms with van der Waals surface area (Å²) in [6.45, 7) is 3.50. The molecule has 1 aromatic carbocycles. The first-order valence-corrected chi connectivity index (χ1v) is 5.28. The summed E-state index contributed by atoms with van der Waals surface area (Å²) in [4.78, 5) is 11.5. The average Bonchev–Trinajstić information content (AvgIpc) is 2.30. The van der Waals surface area contributed by atoms with Gasteiger partial charge in [-0.25, -0.2) is 0 Å². The third-order valence-corrected chi connectivity index (χ3v) is 2.40. The summed E-state index contributed by atoms with van der Waals surface area (Å²) in [5.41, 5.74) is 7.05. The SMILES string of the molecule is COc1cc(C)c(NC(=O)C(C)N)cc1OC. The molecule has 0 spiro atoms. The fourth-order valence-corrected chi connectivity index (χ4v) is 1.36. The van der Waals surface area contributed by atoms with Crippen LogP contribution in [0.3, 0.4) is 0 Å². The van der Waals surface area contributed by atoms with Crippen molar-refractivity contribution in [3.63, 3.8) is 0 Å². The Bertz CT molecular complexity index is 416. The quantitative estimate of drug-likeness (QED) is 0.829. The number of hydrogen-bond acceptors (Lipinski definition) is 4. The van der Waals surface area contributed by atoms with Crippen LogP contribution in [0.2, 0.25) is 0 Å². The second-order valence-electron chi connectivity index (χ2n) is 3.80. The van der Waals surface area contributed by atoms with E-state index in [4.69, 9.17) is 15.2 Å². The molecule has 1 rings (SSSR count). The lowest BCUT2D eigenvalue weighted by atomic mass is 10.1. The van der Waals surface area contributed by atoms with Gasteiger partial charge >= 0.3 is 0 Å². The molecule has 0 aromatic heterocycles. The van der Waals surface area contributed by atoms with Crippen LogP contribution in [0.25, 0.3) is 0 Å². The summed E-state index contributed by atoms with van der Waals surface area (Å²) < 4.78 is 10.3. The van der Waals surface area contributed by atoms with Crippen molar-refractivity contribution >= 4 is 11.6 Å². The molecule has 5 nitrogen and oxygen atoms in total. The first kappa shape index (κ1) is 13.3. The molecule has 0 saturated carbocycles. The van der Waals surface area contributed by atoms with Crippen LogP contribution in [0, 0.1) is 6.92 Å². The molecule has 5 heteroatoms. The van der Waals surface area contributed by atoms with E-state index in [1.54, 1.807) is 33.3 Å². The predicted octanol–water partition coefficient (Wildman–Crippen LogP) is 1.30. The number of aryl methyl sites for hydroxylation is 1. The standard InChI is InChI=1S/C12H18N2O3/c1-7-5-10(16-3)11(17-4)6-9(7)14-12(15)8(2)13/h5-6,8H,13H2,1-4H3,(H,14,15). The molecule has 0 aliphatic heterocycles. The highest BCUT2D eigenvalue weighted by Crippen LogP contribution is 2.32. The van der Waals surface area contributed by atoms with Crippen molar-refractivity contribution < 1.29 is 14.3 Å². The molecule has 0 aliphatic carbocycles. The Hall–Kier alpha value is -1.75. The highest BCUT2D eigenvalue weighted by Gasteiger charge is 2.12. The first-order valence-electron chi connectivity index (χ1n) is 5.28. The summed E-state index contributed by atoms with van der Waals surface area (Å²) in [5.74, 6) is 0.960. The third kappa shape index (κ3) is 3.10. The Labute approximate surface area is 101 Å². The van der Waals surface area contributed by atoms with E-state index in [1.807, 2.05) is 6.92 Å². The lowest BCUT2D eigenvalue weighted by Gasteiger charge is -2.14. The zero-order valence-corrected chi connectivity index (χ0v) is 10.5. The van der Waals surface area contributed by atoms with Gasteiger partial charge in [0.1, 0.15) is 0 Å². The van der Waals surface area contributed by atoms with Gasteiger partial charge in [-0.2, -0.15) is 0 Å². The smallest absolute Gasteiger partial charge is 0.241 e. The summed E-state index contributed by atoms with van der Waals surface area (Å²) in [6, 6.07) is 2.96. The molecule has 3 N–H and O–H groups in total. The van der Waals surface area contributed by atoms with Crippen LogP contribution >= 0.6 is 0 Å². The van der Waals surface area contributed by atoms with Crippen molar-refractivity contribution in [2.75, 3.05) is 19.5 Å². The number of anilines is 1. The number of nitrogens with two attached hydrogens (primary N) is 1. The maximum Gasteiger partial charge on any atom is 0.241 e. The highest BCUT2D eigenvalue weighted by atomic mass is 16.5. The van der Waals surface area contributed by atoms with Crippen molar-refractivity contribution in [1.82, 2.24) is 0 Å². The third-order valence-electron chi connectivity index (χ3n) is 2.40. The molecule has 1 atom stereocenters. The van der Waals surface area contributed by atoms with E-state index in [9.17, 15) is 4.79 Å². The second-order valence-corrected chi connectivity index (χ2v) is 3.80. The van der Waals surface area contributed by atoms with Crippen molar-refractivity contribution in [3.05, 3.63) is 17.7 Å². The summed E-state index contributed by atoms with van der Waals surface area (Å²) in [6.07, 6.45) is 0. The van der Waals surface area contributed by atoms with Crippen LogP contribution in [0.15, 0.2) is 12.1 Å². The Balaban J connectivity index is 3.04. The maximum absolute atomic E-state index is 11.5. The summed E-state index contributed by atoms with van der Waals surface area (Å²) >= 11 is 0. The molecule has 0 aliphatic rings. The molecule has 1 amide bonds. The van der Waals surface area contributed by atoms with E-state index >= 15 is 0 Å². The minimum absolute atomic E-state index is 0.236. The number of rotatable bonds is 4. The van der Waals surface area contributed by atoms with Crippen molar-refractivity contribution in [2.24, 2.45) is 5.73 Å². The zero-order valence-electron chi connectivity index (χ0n) is 10.5. The van der Waals surface area contributed by atoms with Crippen LogP contribution in [-0.4, -0.2) is 26.2 Å². The molecule has 0 radical (unpaired) electrons. The molecule has 1 unspecified atom stereocenters. The van der Waals surface area contributed by atoms with Crippen molar-refractivity contribution in [2.45, 2.75) is 19.9 Å². The minimum Gasteiger partial charge on any atom is -0.493 e. The maximum atomic E-state index is 11.5. The van der Waals surface area contributed by atoms with Gasteiger partial charge in [-0.3, -0.25) is 4.79 Å². The van der Waals surface area contributed by atoms with Gasteiger partial charge in [0.25, 0.3) is 0 Å². The van der Waals surface area contributed by atoms with Gasteiger partial charge in [-0.05, 0) is 25.5 Å². The molecule has 0 bridgehead atoms. The van der Waals surface area contributed by atoms with E-state index in [-0.39, 0.29) is 5.91 Å². The van der Waals surface area contributed by atoms with Gasteiger partial charge in [-0.1, -0.05) is 0 Å². The van der Waals surface area contributed by atoms with E-state index in [2.05, 4.69) is 5.32 Å². The molecule has 0 fully saturated rings. The normalized spacial score (nSPS) is 11.8. The first-order chi connectivity index (χ1) is 7.99. The van der Waals surface area contributed by atoms with Crippen molar-refractivity contribution in [1.29, 1.82) is 0 Å². The zero-order chi connectivity index (χ0) is 13.0. The molecule has 1 aromatic rings. The molecular formula is C12H18N2O3. The van der Waals surface area contributed by atoms with Crippen molar-refractivity contribution in [3.8, 4) is 11.5 Å². The monoisotopic (exact) mass is 238 g/mol. The van der Waals surface area contributed by atoms with E-state index in [0.29, 0.717) is 17.2 Å². The van der Waals surface area contributed by atoms with Gasteiger partial charge in [0.2, 0.25) is 5.91 Å². The molecule has 0 heterocycles. The van der Waals surface area contributed by atoms with E-state index in [0.717, 1.165) is 5.56 Å². The highest BCUT2D eigenvalue weighted by molar-refractivity contribution is 5.95. The van der Waals surface area contributed by atoms with E-state index in [1.165, 1.54) is 0 Å². The second kappa shape index (κ2) is 5.54. The van der Waals surface area contributed by atoms with Crippen LogP contribution in [0.4, 0.5) is 5.69 Å². The van der Waals surface area contributed by atoms with Gasteiger partial charge in [0, 0.05) is 11.8 Å². The number of carbonyl (C=O) groups is 1. The van der Waals surface area contributed by atoms with Crippen LogP contribution < -0.4 is 20.5 Å². The summed E-state index contributed by atoms with van der Waals surface area (Å²) in [7, 11) is 3.11. The number of benzene rings is 1. The summed E-state index contributed by atoms with van der Waals surface area (Å²) in [5, 5.41) is 2.74. The number of methoxy groups -OCH3 is 2. The van der Waals surface area contributed by atoms with Gasteiger partial charge < -0.3 is 20.5 Å². The number of nitrogens with one attached hydrogen (secondary N) is 1. The van der Waals surface area contributed by atoms with Crippen LogP contribution in [0.1, 0.15) is 12.5 Å². The number of amides is 1. The largest absolute Gasteiger partial charge is 0.493 e. The Morgan fingerprint density at radius 3 is 2.29 bits per heavy atom. The number of ether oxygens (including phenoxy) is 2. The molecule has 0 saturated heterocycles. The van der Waals surface area contributed by atoms with Gasteiger partial charge in [0.15, 0.2) is 11.5 Å². The fraction of sp³-hybridized carbons (Fsp3) is 0.417. The Kier molecular flexibility index (Phi) is 4.34. The Morgan fingerprint density at radius 2 is 1.82 bits per heavy atom. The average molecular weight is 238 g/mol. The van der Waals surface area contributed by atoms with Crippen LogP contribution in [0.5, 0.6) is 11.5 Å². The Morgan fingerprint density at radius 1 is 1.29 bits per heavy atom. The molecular weight excluding hydrogens is 220 g/mol. The van der Waals surface area contributed by atoms with Crippen LogP contribution in [-0.2, 0) is 4.79 Å². The number of hydrogen-bond donors (Lipinski definition) is 2. The lowest BCUT2D eigenvalue weighted by Crippen LogP contribution is -2.32. The molecule has 17 heavy (non-hydrogen) atoms. The van der Waals surface area contributed by atoms with Gasteiger partial charge in [0.05, 0.1) is 20.3 Å². The number of carbonyl (C=O) groups excluding carboxylic acids is 1. The lowest BCUT2D eigenvalue weighted by molar-refractivity contribution is -0.117.